The first kappa shape index (κ1) is 13.5. The predicted octanol–water partition coefficient (Wildman–Crippen LogP) is 3.50. The molecule has 0 heterocycles. The second-order valence-electron chi connectivity index (χ2n) is 3.95. The maximum atomic E-state index is 10.9. The molecular formula is C12H16O2S2. The van der Waals surface area contributed by atoms with Gasteiger partial charge >= 0.3 is 5.97 Å². The molecule has 0 radical (unpaired) electrons. The molecule has 0 bridgehead atoms. The van der Waals surface area contributed by atoms with E-state index in [1.165, 1.54) is 16.7 Å². The molecule has 0 spiro atoms. The molecule has 1 aromatic carbocycles. The van der Waals surface area contributed by atoms with Gasteiger partial charge in [-0.05, 0) is 37.8 Å². The van der Waals surface area contributed by atoms with Gasteiger partial charge in [0, 0.05) is 10.6 Å². The van der Waals surface area contributed by atoms with Crippen molar-refractivity contribution in [2.45, 2.75) is 29.2 Å². The highest BCUT2D eigenvalue weighted by Gasteiger charge is 2.27. The number of rotatable bonds is 5. The highest BCUT2D eigenvalue weighted by molar-refractivity contribution is 8.00. The summed E-state index contributed by atoms with van der Waals surface area (Å²) in [5, 5.41) is 8.98. The van der Waals surface area contributed by atoms with E-state index in [-0.39, 0.29) is 0 Å². The highest BCUT2D eigenvalue weighted by atomic mass is 32.2. The summed E-state index contributed by atoms with van der Waals surface area (Å²) >= 11 is 3.15. The zero-order valence-electron chi connectivity index (χ0n) is 9.69. The molecule has 0 saturated carbocycles. The van der Waals surface area contributed by atoms with Gasteiger partial charge in [-0.1, -0.05) is 12.1 Å². The van der Waals surface area contributed by atoms with Crippen molar-refractivity contribution in [3.8, 4) is 0 Å². The third kappa shape index (κ3) is 3.76. The lowest BCUT2D eigenvalue weighted by Crippen LogP contribution is -2.27. The third-order valence-electron chi connectivity index (χ3n) is 2.27. The van der Waals surface area contributed by atoms with Gasteiger partial charge in [0.1, 0.15) is 4.75 Å². The summed E-state index contributed by atoms with van der Waals surface area (Å²) in [5.74, 6) is -0.0354. The van der Waals surface area contributed by atoms with Crippen LogP contribution in [0, 0.1) is 0 Å². The molecule has 0 aliphatic heterocycles. The Labute approximate surface area is 105 Å². The summed E-state index contributed by atoms with van der Waals surface area (Å²) in [6.45, 7) is 3.46. The number of aliphatic carboxylic acids is 1. The van der Waals surface area contributed by atoms with E-state index in [1.807, 2.05) is 6.26 Å². The van der Waals surface area contributed by atoms with Gasteiger partial charge < -0.3 is 5.11 Å². The zero-order chi connectivity index (χ0) is 12.2. The van der Waals surface area contributed by atoms with Gasteiger partial charge in [-0.15, -0.1) is 23.5 Å². The van der Waals surface area contributed by atoms with Crippen LogP contribution >= 0.6 is 23.5 Å². The summed E-state index contributed by atoms with van der Waals surface area (Å²) < 4.78 is -0.724. The second-order valence-corrected chi connectivity index (χ2v) is 6.43. The lowest BCUT2D eigenvalue weighted by Gasteiger charge is -2.18. The van der Waals surface area contributed by atoms with Crippen LogP contribution in [0.2, 0.25) is 0 Å². The van der Waals surface area contributed by atoms with E-state index in [4.69, 9.17) is 5.11 Å². The van der Waals surface area contributed by atoms with Gasteiger partial charge in [0.05, 0.1) is 0 Å². The van der Waals surface area contributed by atoms with Crippen LogP contribution in [-0.2, 0) is 10.5 Å². The van der Waals surface area contributed by atoms with Crippen LogP contribution in [0.1, 0.15) is 19.4 Å². The first-order valence-electron chi connectivity index (χ1n) is 4.96. The minimum absolute atomic E-state index is 0.724. The Bertz CT molecular complexity index is 358. The number of hydrogen-bond donors (Lipinski definition) is 1. The van der Waals surface area contributed by atoms with Gasteiger partial charge in [-0.25, -0.2) is 0 Å². The molecule has 0 aliphatic carbocycles. The molecule has 0 amide bonds. The fourth-order valence-electron chi connectivity index (χ4n) is 1.05. The van der Waals surface area contributed by atoms with Gasteiger partial charge in [0.25, 0.3) is 0 Å². The average Bonchev–Trinajstić information content (AvgIpc) is 2.27. The smallest absolute Gasteiger partial charge is 0.319 e. The minimum Gasteiger partial charge on any atom is -0.480 e. The highest BCUT2D eigenvalue weighted by Crippen LogP contribution is 2.28. The third-order valence-corrected chi connectivity index (χ3v) is 4.39. The van der Waals surface area contributed by atoms with Crippen molar-refractivity contribution < 1.29 is 9.90 Å². The maximum Gasteiger partial charge on any atom is 0.319 e. The minimum atomic E-state index is -0.766. The Morgan fingerprint density at radius 1 is 1.31 bits per heavy atom. The van der Waals surface area contributed by atoms with Crippen molar-refractivity contribution in [2.75, 3.05) is 6.26 Å². The fourth-order valence-corrected chi connectivity index (χ4v) is 2.30. The molecular weight excluding hydrogens is 240 g/mol. The van der Waals surface area contributed by atoms with Gasteiger partial charge in [0.2, 0.25) is 0 Å². The molecule has 2 nitrogen and oxygen atoms in total. The summed E-state index contributed by atoms with van der Waals surface area (Å²) in [7, 11) is 0. The summed E-state index contributed by atoms with van der Waals surface area (Å²) in [4.78, 5) is 12.1. The van der Waals surface area contributed by atoms with Crippen molar-refractivity contribution in [3.63, 3.8) is 0 Å². The van der Waals surface area contributed by atoms with Crippen LogP contribution in [0.5, 0.6) is 0 Å². The predicted molar refractivity (Wildman–Crippen MR) is 71.2 cm³/mol. The van der Waals surface area contributed by atoms with E-state index in [1.54, 1.807) is 25.6 Å². The molecule has 0 saturated heterocycles. The van der Waals surface area contributed by atoms with Crippen molar-refractivity contribution >= 4 is 29.5 Å². The summed E-state index contributed by atoms with van der Waals surface area (Å²) in [5.41, 5.74) is 1.16. The molecule has 88 valence electrons. The maximum absolute atomic E-state index is 10.9. The van der Waals surface area contributed by atoms with Crippen LogP contribution in [0.4, 0.5) is 0 Å². The van der Waals surface area contributed by atoms with E-state index in [0.717, 1.165) is 11.3 Å². The number of benzene rings is 1. The van der Waals surface area contributed by atoms with E-state index in [9.17, 15) is 4.79 Å². The van der Waals surface area contributed by atoms with Crippen LogP contribution in [-0.4, -0.2) is 22.1 Å². The lowest BCUT2D eigenvalue weighted by molar-refractivity contribution is -0.138. The van der Waals surface area contributed by atoms with Crippen molar-refractivity contribution in [3.05, 3.63) is 29.8 Å². The first-order valence-corrected chi connectivity index (χ1v) is 7.17. The Morgan fingerprint density at radius 2 is 1.88 bits per heavy atom. The van der Waals surface area contributed by atoms with Crippen molar-refractivity contribution in [2.24, 2.45) is 0 Å². The number of carboxylic acids is 1. The largest absolute Gasteiger partial charge is 0.480 e. The SMILES string of the molecule is CSc1ccc(CSC(C)(C)C(=O)O)cc1. The number of carboxylic acid groups (broad SMARTS) is 1. The molecule has 0 aliphatic rings. The Balaban J connectivity index is 2.58. The molecule has 4 heteroatoms. The van der Waals surface area contributed by atoms with Gasteiger partial charge in [-0.3, -0.25) is 4.79 Å². The topological polar surface area (TPSA) is 37.3 Å². The molecule has 0 fully saturated rings. The van der Waals surface area contributed by atoms with Gasteiger partial charge in [-0.2, -0.15) is 0 Å². The van der Waals surface area contributed by atoms with E-state index in [2.05, 4.69) is 24.3 Å². The van der Waals surface area contributed by atoms with Crippen LogP contribution in [0.3, 0.4) is 0 Å². The molecule has 0 unspecified atom stereocenters. The number of hydrogen-bond acceptors (Lipinski definition) is 3. The van der Waals surface area contributed by atoms with Crippen molar-refractivity contribution in [1.29, 1.82) is 0 Å². The Hall–Kier alpha value is -0.610. The van der Waals surface area contributed by atoms with Crippen molar-refractivity contribution in [1.82, 2.24) is 0 Å². The molecule has 0 atom stereocenters. The van der Waals surface area contributed by atoms with E-state index in [0.29, 0.717) is 0 Å². The normalized spacial score (nSPS) is 11.4. The monoisotopic (exact) mass is 256 g/mol. The average molecular weight is 256 g/mol. The standard InChI is InChI=1S/C12H16O2S2/c1-12(2,11(13)14)16-8-9-4-6-10(15-3)7-5-9/h4-7H,8H2,1-3H3,(H,13,14). The second kappa shape index (κ2) is 5.64. The number of carbonyl (C=O) groups is 1. The Morgan fingerprint density at radius 3 is 2.31 bits per heavy atom. The first-order chi connectivity index (χ1) is 7.45. The van der Waals surface area contributed by atoms with Gasteiger partial charge in [0.15, 0.2) is 0 Å². The fraction of sp³-hybridized carbons (Fsp3) is 0.417. The van der Waals surface area contributed by atoms with Crippen LogP contribution in [0.25, 0.3) is 0 Å². The van der Waals surface area contributed by atoms with E-state index < -0.39 is 10.7 Å². The van der Waals surface area contributed by atoms with Crippen LogP contribution < -0.4 is 0 Å². The van der Waals surface area contributed by atoms with Crippen LogP contribution in [0.15, 0.2) is 29.2 Å². The quantitative estimate of drug-likeness (QED) is 0.818. The molecule has 1 rings (SSSR count). The zero-order valence-corrected chi connectivity index (χ0v) is 11.3. The number of thioether (sulfide) groups is 2. The summed E-state index contributed by atoms with van der Waals surface area (Å²) in [6.07, 6.45) is 2.04. The lowest BCUT2D eigenvalue weighted by atomic mass is 10.2. The summed E-state index contributed by atoms with van der Waals surface area (Å²) in [6, 6.07) is 8.23. The Kier molecular flexibility index (Phi) is 4.74. The molecule has 1 N–H and O–H groups in total. The molecule has 1 aromatic rings. The molecule has 0 aromatic heterocycles. The molecule has 16 heavy (non-hydrogen) atoms. The van der Waals surface area contributed by atoms with E-state index >= 15 is 0 Å².